The van der Waals surface area contributed by atoms with E-state index >= 15 is 0 Å². The fourth-order valence-electron chi connectivity index (χ4n) is 4.81. The SMILES string of the molecule is CCC=CCC=CCC=CCC=CCC=CCCCCCC(=O)OC[C@H](COP(=O)(O)OCCN)OC(=O)CCCC=CCC=CCC=CCC=CCC=CCC. The molecule has 0 saturated heterocycles. The highest BCUT2D eigenvalue weighted by molar-refractivity contribution is 7.47. The number of esters is 2. The minimum Gasteiger partial charge on any atom is -0.462 e. The van der Waals surface area contributed by atoms with Crippen LogP contribution in [0.5, 0.6) is 0 Å². The van der Waals surface area contributed by atoms with Gasteiger partial charge in [0.2, 0.25) is 0 Å². The topological polar surface area (TPSA) is 134 Å². The fourth-order valence-corrected chi connectivity index (χ4v) is 5.58. The van der Waals surface area contributed by atoms with E-state index in [0.29, 0.717) is 19.3 Å². The minimum absolute atomic E-state index is 0.0319. The van der Waals surface area contributed by atoms with Crippen LogP contribution in [0, 0.1) is 0 Å². The van der Waals surface area contributed by atoms with Gasteiger partial charge in [0.05, 0.1) is 13.2 Å². The third-order valence-corrected chi connectivity index (χ3v) is 8.83. The number of hydrogen-bond acceptors (Lipinski definition) is 8. The molecule has 2 atom stereocenters. The molecule has 0 heterocycles. The van der Waals surface area contributed by atoms with E-state index in [0.717, 1.165) is 83.5 Å². The molecule has 0 aliphatic heterocycles. The van der Waals surface area contributed by atoms with E-state index in [1.807, 2.05) is 6.08 Å². The van der Waals surface area contributed by atoms with E-state index in [-0.39, 0.29) is 32.6 Å². The van der Waals surface area contributed by atoms with E-state index in [2.05, 4.69) is 129 Å². The largest absolute Gasteiger partial charge is 0.472 e. The number of ether oxygens (including phenoxy) is 2. The maximum Gasteiger partial charge on any atom is 0.472 e. The highest BCUT2D eigenvalue weighted by Gasteiger charge is 2.25. The fraction of sp³-hybridized carbons (Fsp3) is 0.532. The third-order valence-electron chi connectivity index (χ3n) is 7.84. The molecule has 1 unspecified atom stereocenters. The van der Waals surface area contributed by atoms with Gasteiger partial charge in [-0.25, -0.2) is 4.57 Å². The van der Waals surface area contributed by atoms with Crippen LogP contribution in [-0.2, 0) is 32.7 Å². The molecule has 0 aromatic carbocycles. The van der Waals surface area contributed by atoms with Crippen molar-refractivity contribution in [3.05, 3.63) is 122 Å². The number of rotatable bonds is 37. The molecule has 0 aliphatic carbocycles. The molecule has 57 heavy (non-hydrogen) atoms. The van der Waals surface area contributed by atoms with Crippen LogP contribution in [0.15, 0.2) is 122 Å². The lowest BCUT2D eigenvalue weighted by Gasteiger charge is -2.19. The zero-order valence-corrected chi connectivity index (χ0v) is 35.9. The summed E-state index contributed by atoms with van der Waals surface area (Å²) in [6.07, 6.45) is 56.6. The summed E-state index contributed by atoms with van der Waals surface area (Å²) in [5.41, 5.74) is 5.34. The first kappa shape index (κ1) is 53.4. The van der Waals surface area contributed by atoms with Gasteiger partial charge in [-0.05, 0) is 96.3 Å². The summed E-state index contributed by atoms with van der Waals surface area (Å²) in [7, 11) is -4.41. The average molecular weight is 812 g/mol. The molecule has 3 N–H and O–H groups in total. The van der Waals surface area contributed by atoms with Crippen LogP contribution in [0.25, 0.3) is 0 Å². The van der Waals surface area contributed by atoms with Gasteiger partial charge < -0.3 is 20.1 Å². The number of nitrogens with two attached hydrogens (primary N) is 1. The van der Waals surface area contributed by atoms with Crippen LogP contribution in [0.3, 0.4) is 0 Å². The smallest absolute Gasteiger partial charge is 0.462 e. The Balaban J connectivity index is 4.36. The molecule has 10 heteroatoms. The van der Waals surface area contributed by atoms with Gasteiger partial charge in [0.25, 0.3) is 0 Å². The first-order chi connectivity index (χ1) is 27.8. The van der Waals surface area contributed by atoms with Crippen LogP contribution >= 0.6 is 7.82 Å². The summed E-state index contributed by atoms with van der Waals surface area (Å²) in [5, 5.41) is 0. The number of phosphoric acid groups is 1. The van der Waals surface area contributed by atoms with Gasteiger partial charge in [-0.2, -0.15) is 0 Å². The number of allylic oxidation sites excluding steroid dienone is 20. The Morgan fingerprint density at radius 1 is 0.526 bits per heavy atom. The average Bonchev–Trinajstić information content (AvgIpc) is 3.20. The van der Waals surface area contributed by atoms with Crippen molar-refractivity contribution >= 4 is 19.8 Å². The molecule has 9 nitrogen and oxygen atoms in total. The van der Waals surface area contributed by atoms with Crippen molar-refractivity contribution in [2.75, 3.05) is 26.4 Å². The van der Waals surface area contributed by atoms with Crippen molar-refractivity contribution in [2.45, 2.75) is 136 Å². The highest BCUT2D eigenvalue weighted by Crippen LogP contribution is 2.43. The maximum atomic E-state index is 12.6. The Kier molecular flexibility index (Phi) is 39.4. The zero-order chi connectivity index (χ0) is 41.8. The molecule has 0 aromatic heterocycles. The van der Waals surface area contributed by atoms with Crippen molar-refractivity contribution in [3.63, 3.8) is 0 Å². The van der Waals surface area contributed by atoms with Crippen molar-refractivity contribution in [2.24, 2.45) is 5.73 Å². The molecule has 0 amide bonds. The molecule has 0 rings (SSSR count). The molecular weight excluding hydrogens is 737 g/mol. The second-order valence-corrected chi connectivity index (χ2v) is 14.5. The molecule has 0 bridgehead atoms. The number of hydrogen-bond donors (Lipinski definition) is 2. The van der Waals surface area contributed by atoms with Crippen LogP contribution < -0.4 is 5.73 Å². The van der Waals surface area contributed by atoms with Gasteiger partial charge in [-0.3, -0.25) is 18.6 Å². The van der Waals surface area contributed by atoms with Gasteiger partial charge in [-0.15, -0.1) is 0 Å². The Labute approximate surface area is 345 Å². The quantitative estimate of drug-likeness (QED) is 0.0272. The first-order valence-electron chi connectivity index (χ1n) is 21.0. The Morgan fingerprint density at radius 2 is 0.930 bits per heavy atom. The Hall–Kier alpha value is -3.59. The third kappa shape index (κ3) is 41.9. The second-order valence-electron chi connectivity index (χ2n) is 13.1. The number of phosphoric ester groups is 1. The number of carbonyl (C=O) groups is 2. The van der Waals surface area contributed by atoms with Gasteiger partial charge in [-0.1, -0.05) is 142 Å². The summed E-state index contributed by atoms with van der Waals surface area (Å²) in [4.78, 5) is 34.8. The van der Waals surface area contributed by atoms with Gasteiger partial charge in [0, 0.05) is 19.4 Å². The molecule has 0 aromatic rings. The van der Waals surface area contributed by atoms with Gasteiger partial charge >= 0.3 is 19.8 Å². The Morgan fingerprint density at radius 3 is 1.37 bits per heavy atom. The summed E-state index contributed by atoms with van der Waals surface area (Å²) in [6.45, 7) is 3.36. The predicted octanol–water partition coefficient (Wildman–Crippen LogP) is 12.2. The van der Waals surface area contributed by atoms with Gasteiger partial charge in [0.15, 0.2) is 6.10 Å². The lowest BCUT2D eigenvalue weighted by atomic mass is 10.1. The first-order valence-corrected chi connectivity index (χ1v) is 22.5. The number of carbonyl (C=O) groups excluding carboxylic acids is 2. The molecular formula is C47H74NO8P. The summed E-state index contributed by atoms with van der Waals surface area (Å²) < 4.78 is 32.7. The standard InChI is InChI=1S/C47H74NO8P/c1-3-5-7-9-11-13-15-17-19-21-22-24-25-27-29-31-33-35-37-39-46(49)53-43-45(44-55-57(51,52)54-42-41-48)56-47(50)40-38-36-34-32-30-28-26-23-20-18-16-14-12-10-8-6-4-2/h5-8,11-14,17-20,22,24,26-29,32,34,45H,3-4,9-10,15-16,21,23,25,30-31,33,35-44,48H2,1-2H3,(H,51,52)/t45-/m1/s1. The van der Waals surface area contributed by atoms with Gasteiger partial charge in [0.1, 0.15) is 6.61 Å². The molecule has 0 spiro atoms. The highest BCUT2D eigenvalue weighted by atomic mass is 31.2. The summed E-state index contributed by atoms with van der Waals surface area (Å²) in [6, 6.07) is 0. The molecule has 0 radical (unpaired) electrons. The summed E-state index contributed by atoms with van der Waals surface area (Å²) in [5.74, 6) is -0.950. The van der Waals surface area contributed by atoms with Crippen molar-refractivity contribution in [1.29, 1.82) is 0 Å². The van der Waals surface area contributed by atoms with Crippen LogP contribution in [-0.4, -0.2) is 49.3 Å². The monoisotopic (exact) mass is 812 g/mol. The zero-order valence-electron chi connectivity index (χ0n) is 35.0. The lowest BCUT2D eigenvalue weighted by molar-refractivity contribution is -0.161. The van der Waals surface area contributed by atoms with E-state index < -0.39 is 32.5 Å². The molecule has 320 valence electrons. The normalized spacial score (nSPS) is 14.5. The van der Waals surface area contributed by atoms with Crippen molar-refractivity contribution < 1.29 is 37.6 Å². The van der Waals surface area contributed by atoms with E-state index in [9.17, 15) is 19.0 Å². The van der Waals surface area contributed by atoms with Crippen LogP contribution in [0.2, 0.25) is 0 Å². The molecule has 0 fully saturated rings. The van der Waals surface area contributed by atoms with E-state index in [4.69, 9.17) is 24.3 Å². The van der Waals surface area contributed by atoms with Crippen molar-refractivity contribution in [1.82, 2.24) is 0 Å². The predicted molar refractivity (Wildman–Crippen MR) is 237 cm³/mol. The number of unbranched alkanes of at least 4 members (excludes halogenated alkanes) is 4. The van der Waals surface area contributed by atoms with E-state index in [1.54, 1.807) is 0 Å². The maximum absolute atomic E-state index is 12.6. The van der Waals surface area contributed by atoms with Crippen LogP contribution in [0.1, 0.15) is 129 Å². The lowest BCUT2D eigenvalue weighted by Crippen LogP contribution is -2.29. The van der Waals surface area contributed by atoms with Crippen LogP contribution in [0.4, 0.5) is 0 Å². The molecule has 0 saturated carbocycles. The second kappa shape index (κ2) is 42.0. The molecule has 0 aliphatic rings. The van der Waals surface area contributed by atoms with E-state index in [1.165, 1.54) is 0 Å². The van der Waals surface area contributed by atoms with Crippen molar-refractivity contribution in [3.8, 4) is 0 Å². The summed E-state index contributed by atoms with van der Waals surface area (Å²) >= 11 is 0. The Bertz CT molecular complexity index is 1340. The minimum atomic E-state index is -4.41.